The van der Waals surface area contributed by atoms with Crippen LogP contribution >= 0.6 is 11.8 Å². The van der Waals surface area contributed by atoms with Gasteiger partial charge in [-0.15, -0.1) is 0 Å². The number of hydrogen-bond acceptors (Lipinski definition) is 3. The fourth-order valence-corrected chi connectivity index (χ4v) is 3.51. The number of aryl methyl sites for hydroxylation is 1. The molecule has 1 aromatic heterocycles. The molecule has 0 amide bonds. The minimum atomic E-state index is 0.593. The van der Waals surface area contributed by atoms with E-state index in [1.54, 1.807) is 0 Å². The first-order valence-electron chi connectivity index (χ1n) is 5.53. The lowest BCUT2D eigenvalue weighted by atomic mass is 9.95. The standard InChI is InChI=1S/C11H19N3S/c1-12-11(9-4-6-15-8-9)7-10-3-5-14(2)13-10/h3,5,9,11-12H,4,6-8H2,1-2H3. The van der Waals surface area contributed by atoms with Crippen molar-refractivity contribution in [1.29, 1.82) is 0 Å². The molecule has 2 unspecified atom stereocenters. The van der Waals surface area contributed by atoms with Crippen LogP contribution in [-0.2, 0) is 13.5 Å². The molecule has 1 aromatic rings. The third-order valence-electron chi connectivity index (χ3n) is 3.10. The van der Waals surface area contributed by atoms with Crippen LogP contribution in [0.4, 0.5) is 0 Å². The zero-order valence-corrected chi connectivity index (χ0v) is 10.3. The van der Waals surface area contributed by atoms with Crippen molar-refractivity contribution in [3.05, 3.63) is 18.0 Å². The van der Waals surface area contributed by atoms with E-state index in [0.717, 1.165) is 12.3 Å². The van der Waals surface area contributed by atoms with Crippen LogP contribution < -0.4 is 5.32 Å². The molecule has 2 atom stereocenters. The fourth-order valence-electron chi connectivity index (χ4n) is 2.17. The zero-order valence-electron chi connectivity index (χ0n) is 9.44. The maximum Gasteiger partial charge on any atom is 0.0640 e. The molecule has 15 heavy (non-hydrogen) atoms. The number of rotatable bonds is 4. The molecular weight excluding hydrogens is 206 g/mol. The van der Waals surface area contributed by atoms with Gasteiger partial charge >= 0.3 is 0 Å². The summed E-state index contributed by atoms with van der Waals surface area (Å²) in [5.74, 6) is 3.45. The Morgan fingerprint density at radius 2 is 2.60 bits per heavy atom. The molecule has 0 radical (unpaired) electrons. The number of nitrogens with zero attached hydrogens (tertiary/aromatic N) is 2. The second-order valence-corrected chi connectivity index (χ2v) is 5.35. The maximum atomic E-state index is 4.44. The molecule has 84 valence electrons. The molecule has 4 heteroatoms. The molecule has 1 N–H and O–H groups in total. The third-order valence-corrected chi connectivity index (χ3v) is 4.29. The average molecular weight is 225 g/mol. The summed E-state index contributed by atoms with van der Waals surface area (Å²) in [6.45, 7) is 0. The smallest absolute Gasteiger partial charge is 0.0640 e. The maximum absolute atomic E-state index is 4.44. The summed E-state index contributed by atoms with van der Waals surface area (Å²) >= 11 is 2.08. The van der Waals surface area contributed by atoms with Gasteiger partial charge in [-0.2, -0.15) is 16.9 Å². The van der Waals surface area contributed by atoms with Crippen molar-refractivity contribution >= 4 is 11.8 Å². The quantitative estimate of drug-likeness (QED) is 0.838. The molecule has 1 saturated heterocycles. The van der Waals surface area contributed by atoms with E-state index in [2.05, 4.69) is 35.3 Å². The molecule has 0 bridgehead atoms. The molecule has 2 heterocycles. The molecule has 3 nitrogen and oxygen atoms in total. The van der Waals surface area contributed by atoms with Crippen LogP contribution in [0.1, 0.15) is 12.1 Å². The Morgan fingerprint density at radius 1 is 1.73 bits per heavy atom. The summed E-state index contributed by atoms with van der Waals surface area (Å²) in [7, 11) is 4.04. The molecule has 0 aromatic carbocycles. The van der Waals surface area contributed by atoms with Gasteiger partial charge in [-0.05, 0) is 37.0 Å². The van der Waals surface area contributed by atoms with Crippen LogP contribution in [0.15, 0.2) is 12.3 Å². The fraction of sp³-hybridized carbons (Fsp3) is 0.727. The minimum Gasteiger partial charge on any atom is -0.316 e. The largest absolute Gasteiger partial charge is 0.316 e. The van der Waals surface area contributed by atoms with Gasteiger partial charge in [0.2, 0.25) is 0 Å². The highest BCUT2D eigenvalue weighted by molar-refractivity contribution is 7.99. The Hall–Kier alpha value is -0.480. The van der Waals surface area contributed by atoms with Crippen molar-refractivity contribution in [1.82, 2.24) is 15.1 Å². The van der Waals surface area contributed by atoms with Gasteiger partial charge in [-0.1, -0.05) is 0 Å². The van der Waals surface area contributed by atoms with Gasteiger partial charge in [0, 0.05) is 25.7 Å². The zero-order chi connectivity index (χ0) is 10.7. The molecule has 1 fully saturated rings. The number of aromatic nitrogens is 2. The Balaban J connectivity index is 1.95. The van der Waals surface area contributed by atoms with Crippen molar-refractivity contribution in [3.63, 3.8) is 0 Å². The van der Waals surface area contributed by atoms with Crippen molar-refractivity contribution in [3.8, 4) is 0 Å². The first kappa shape index (κ1) is 11.0. The molecule has 2 rings (SSSR count). The van der Waals surface area contributed by atoms with Crippen LogP contribution in [0.25, 0.3) is 0 Å². The van der Waals surface area contributed by atoms with E-state index in [4.69, 9.17) is 0 Å². The number of thioether (sulfide) groups is 1. The van der Waals surface area contributed by atoms with Gasteiger partial charge in [-0.3, -0.25) is 4.68 Å². The van der Waals surface area contributed by atoms with E-state index >= 15 is 0 Å². The summed E-state index contributed by atoms with van der Waals surface area (Å²) in [4.78, 5) is 0. The number of likely N-dealkylation sites (N-methyl/N-ethyl adjacent to an activating group) is 1. The van der Waals surface area contributed by atoms with Crippen LogP contribution in [-0.4, -0.2) is 34.4 Å². The number of hydrogen-bond donors (Lipinski definition) is 1. The molecular formula is C11H19N3S. The van der Waals surface area contributed by atoms with Crippen LogP contribution in [0.2, 0.25) is 0 Å². The lowest BCUT2D eigenvalue weighted by molar-refractivity contribution is 0.400. The topological polar surface area (TPSA) is 29.9 Å². The Labute approximate surface area is 95.6 Å². The first-order valence-corrected chi connectivity index (χ1v) is 6.68. The highest BCUT2D eigenvalue weighted by Gasteiger charge is 2.24. The van der Waals surface area contributed by atoms with Gasteiger partial charge < -0.3 is 5.32 Å². The van der Waals surface area contributed by atoms with E-state index < -0.39 is 0 Å². The summed E-state index contributed by atoms with van der Waals surface area (Å²) in [6, 6.07) is 2.71. The van der Waals surface area contributed by atoms with Crippen molar-refractivity contribution < 1.29 is 0 Å². The second kappa shape index (κ2) is 5.03. The van der Waals surface area contributed by atoms with E-state index in [9.17, 15) is 0 Å². The Kier molecular flexibility index (Phi) is 3.70. The lowest BCUT2D eigenvalue weighted by Gasteiger charge is -2.21. The summed E-state index contributed by atoms with van der Waals surface area (Å²) < 4.78 is 1.88. The summed E-state index contributed by atoms with van der Waals surface area (Å²) in [5.41, 5.74) is 1.20. The van der Waals surface area contributed by atoms with E-state index in [1.807, 2.05) is 17.9 Å². The summed E-state index contributed by atoms with van der Waals surface area (Å²) in [6.07, 6.45) is 4.43. The van der Waals surface area contributed by atoms with Gasteiger partial charge in [0.05, 0.1) is 5.69 Å². The van der Waals surface area contributed by atoms with Crippen molar-refractivity contribution in [2.24, 2.45) is 13.0 Å². The normalized spacial score (nSPS) is 23.2. The molecule has 0 saturated carbocycles. The van der Waals surface area contributed by atoms with Crippen LogP contribution in [0.5, 0.6) is 0 Å². The van der Waals surface area contributed by atoms with E-state index in [1.165, 1.54) is 23.6 Å². The van der Waals surface area contributed by atoms with Gasteiger partial charge in [0.25, 0.3) is 0 Å². The second-order valence-electron chi connectivity index (χ2n) is 4.20. The van der Waals surface area contributed by atoms with Gasteiger partial charge in [0.1, 0.15) is 0 Å². The molecule has 1 aliphatic rings. The monoisotopic (exact) mass is 225 g/mol. The minimum absolute atomic E-state index is 0.593. The SMILES string of the molecule is CNC(Cc1ccn(C)n1)C1CCSC1. The average Bonchev–Trinajstić information content (AvgIpc) is 2.85. The van der Waals surface area contributed by atoms with Gasteiger partial charge in [-0.25, -0.2) is 0 Å². The van der Waals surface area contributed by atoms with Gasteiger partial charge in [0.15, 0.2) is 0 Å². The molecule has 0 aliphatic carbocycles. The predicted molar refractivity (Wildman–Crippen MR) is 65.2 cm³/mol. The Bertz CT molecular complexity index is 305. The Morgan fingerprint density at radius 3 is 3.13 bits per heavy atom. The van der Waals surface area contributed by atoms with Crippen molar-refractivity contribution in [2.45, 2.75) is 18.9 Å². The molecule has 0 spiro atoms. The first-order chi connectivity index (χ1) is 7.29. The third kappa shape index (κ3) is 2.75. The highest BCUT2D eigenvalue weighted by atomic mass is 32.2. The summed E-state index contributed by atoms with van der Waals surface area (Å²) in [5, 5.41) is 7.88. The van der Waals surface area contributed by atoms with E-state index in [-0.39, 0.29) is 0 Å². The number of nitrogens with one attached hydrogen (secondary N) is 1. The van der Waals surface area contributed by atoms with Crippen LogP contribution in [0, 0.1) is 5.92 Å². The van der Waals surface area contributed by atoms with Crippen LogP contribution in [0.3, 0.4) is 0 Å². The lowest BCUT2D eigenvalue weighted by Crippen LogP contribution is -2.35. The van der Waals surface area contributed by atoms with E-state index in [0.29, 0.717) is 6.04 Å². The molecule has 1 aliphatic heterocycles. The van der Waals surface area contributed by atoms with Crippen molar-refractivity contribution in [2.75, 3.05) is 18.6 Å². The predicted octanol–water partition coefficient (Wildman–Crippen LogP) is 1.30. The highest BCUT2D eigenvalue weighted by Crippen LogP contribution is 2.27.